The van der Waals surface area contributed by atoms with Crippen LogP contribution in [0, 0.1) is 13.8 Å². The van der Waals surface area contributed by atoms with Crippen molar-refractivity contribution in [3.8, 4) is 0 Å². The van der Waals surface area contributed by atoms with Crippen LogP contribution in [0.5, 0.6) is 0 Å². The summed E-state index contributed by atoms with van der Waals surface area (Å²) in [7, 11) is -3.63. The van der Waals surface area contributed by atoms with E-state index in [4.69, 9.17) is 11.6 Å². The van der Waals surface area contributed by atoms with Crippen molar-refractivity contribution in [2.75, 3.05) is 23.7 Å². The molecule has 0 aliphatic heterocycles. The van der Waals surface area contributed by atoms with Crippen molar-refractivity contribution < 1.29 is 8.42 Å². The van der Waals surface area contributed by atoms with E-state index in [1.54, 1.807) is 24.4 Å². The zero-order valence-electron chi connectivity index (χ0n) is 16.0. The average molecular weight is 433 g/mol. The third kappa shape index (κ3) is 5.86. The van der Waals surface area contributed by atoms with E-state index in [-0.39, 0.29) is 11.4 Å². The third-order valence-electron chi connectivity index (χ3n) is 4.01. The lowest BCUT2D eigenvalue weighted by Crippen LogP contribution is -2.29. The van der Waals surface area contributed by atoms with E-state index >= 15 is 0 Å². The number of benzene rings is 1. The standard InChI is InChI=1S/C19H21ClN6O2S/c1-13-3-6-17(22-12-13)24-19-8-7-18(25-26-19)21-9-10-23-29(27,28)15-5-4-14(2)16(20)11-15/h3-8,11-12,23H,9-10H2,1-2H3,(H,21,25)(H,22,24,26). The van der Waals surface area contributed by atoms with Crippen molar-refractivity contribution in [1.82, 2.24) is 19.9 Å². The number of hydrogen-bond donors (Lipinski definition) is 3. The maximum absolute atomic E-state index is 12.3. The molecule has 1 aromatic carbocycles. The Labute approximate surface area is 174 Å². The molecule has 0 radical (unpaired) electrons. The molecule has 0 aliphatic rings. The molecule has 0 fully saturated rings. The molecule has 3 rings (SSSR count). The van der Waals surface area contributed by atoms with Gasteiger partial charge in [0.1, 0.15) is 11.6 Å². The van der Waals surface area contributed by atoms with E-state index in [2.05, 4.69) is 30.5 Å². The summed E-state index contributed by atoms with van der Waals surface area (Å²) in [6.45, 7) is 4.31. The number of halogens is 1. The SMILES string of the molecule is Cc1ccc(Nc2ccc(NCCNS(=O)(=O)c3ccc(C)c(Cl)c3)nn2)nc1. The summed E-state index contributed by atoms with van der Waals surface area (Å²) in [5.74, 6) is 1.77. The minimum Gasteiger partial charge on any atom is -0.367 e. The second kappa shape index (κ2) is 9.17. The molecule has 0 amide bonds. The summed E-state index contributed by atoms with van der Waals surface area (Å²) >= 11 is 6.00. The number of nitrogens with one attached hydrogen (secondary N) is 3. The fourth-order valence-electron chi connectivity index (χ4n) is 2.37. The van der Waals surface area contributed by atoms with Crippen molar-refractivity contribution in [3.05, 3.63) is 64.8 Å². The summed E-state index contributed by atoms with van der Waals surface area (Å²) in [5.41, 5.74) is 1.89. The normalized spacial score (nSPS) is 11.3. The zero-order valence-corrected chi connectivity index (χ0v) is 17.5. The van der Waals surface area contributed by atoms with Gasteiger partial charge >= 0.3 is 0 Å². The van der Waals surface area contributed by atoms with Crippen LogP contribution in [0.4, 0.5) is 17.5 Å². The van der Waals surface area contributed by atoms with Crippen LogP contribution in [0.25, 0.3) is 0 Å². The minimum absolute atomic E-state index is 0.132. The van der Waals surface area contributed by atoms with Crippen LogP contribution in [-0.4, -0.2) is 36.7 Å². The lowest BCUT2D eigenvalue weighted by molar-refractivity contribution is 0.583. The van der Waals surface area contributed by atoms with Crippen LogP contribution in [0.1, 0.15) is 11.1 Å². The highest BCUT2D eigenvalue weighted by Crippen LogP contribution is 2.19. The summed E-state index contributed by atoms with van der Waals surface area (Å²) in [6.07, 6.45) is 1.76. The molecule has 2 heterocycles. The molecule has 0 saturated carbocycles. The molecule has 10 heteroatoms. The van der Waals surface area contributed by atoms with E-state index in [0.717, 1.165) is 11.1 Å². The van der Waals surface area contributed by atoms with Gasteiger partial charge in [0.05, 0.1) is 4.90 Å². The largest absolute Gasteiger partial charge is 0.367 e. The molecule has 8 nitrogen and oxygen atoms in total. The van der Waals surface area contributed by atoms with E-state index < -0.39 is 10.0 Å². The average Bonchev–Trinajstić information content (AvgIpc) is 2.70. The van der Waals surface area contributed by atoms with Crippen LogP contribution in [0.2, 0.25) is 5.02 Å². The monoisotopic (exact) mass is 432 g/mol. The molecule has 0 atom stereocenters. The van der Waals surface area contributed by atoms with Crippen LogP contribution in [0.15, 0.2) is 53.6 Å². The maximum Gasteiger partial charge on any atom is 0.240 e. The zero-order chi connectivity index (χ0) is 20.9. The Balaban J connectivity index is 1.49. The highest BCUT2D eigenvalue weighted by atomic mass is 35.5. The van der Waals surface area contributed by atoms with Crippen LogP contribution >= 0.6 is 11.6 Å². The smallest absolute Gasteiger partial charge is 0.240 e. The van der Waals surface area contributed by atoms with Gasteiger partial charge in [-0.25, -0.2) is 18.1 Å². The van der Waals surface area contributed by atoms with Crippen LogP contribution < -0.4 is 15.4 Å². The van der Waals surface area contributed by atoms with Crippen molar-refractivity contribution in [3.63, 3.8) is 0 Å². The van der Waals surface area contributed by atoms with Crippen molar-refractivity contribution in [2.45, 2.75) is 18.7 Å². The van der Waals surface area contributed by atoms with Gasteiger partial charge in [0.25, 0.3) is 0 Å². The predicted octanol–water partition coefficient (Wildman–Crippen LogP) is 3.28. The number of anilines is 3. The summed E-state index contributed by atoms with van der Waals surface area (Å²) in [6, 6.07) is 11.9. The molecule has 2 aromatic heterocycles. The van der Waals surface area contributed by atoms with Gasteiger partial charge in [0.15, 0.2) is 5.82 Å². The molecule has 3 aromatic rings. The number of sulfonamides is 1. The molecule has 0 bridgehead atoms. The summed E-state index contributed by atoms with van der Waals surface area (Å²) in [4.78, 5) is 4.38. The van der Waals surface area contributed by atoms with E-state index in [9.17, 15) is 8.42 Å². The first kappa shape index (κ1) is 21.0. The minimum atomic E-state index is -3.63. The van der Waals surface area contributed by atoms with Gasteiger partial charge in [-0.2, -0.15) is 0 Å². The lowest BCUT2D eigenvalue weighted by Gasteiger charge is -2.09. The van der Waals surface area contributed by atoms with Crippen molar-refractivity contribution in [1.29, 1.82) is 0 Å². The number of aromatic nitrogens is 3. The Kier molecular flexibility index (Phi) is 6.63. The molecule has 0 saturated heterocycles. The quantitative estimate of drug-likeness (QED) is 0.468. The summed E-state index contributed by atoms with van der Waals surface area (Å²) < 4.78 is 27.1. The molecular weight excluding hydrogens is 412 g/mol. The Morgan fingerprint density at radius 2 is 1.66 bits per heavy atom. The second-order valence-corrected chi connectivity index (χ2v) is 8.56. The van der Waals surface area contributed by atoms with Gasteiger partial charge in [0.2, 0.25) is 10.0 Å². The number of nitrogens with zero attached hydrogens (tertiary/aromatic N) is 3. The molecule has 152 valence electrons. The number of hydrogen-bond acceptors (Lipinski definition) is 7. The number of aryl methyl sites for hydroxylation is 2. The number of pyridine rings is 1. The second-order valence-electron chi connectivity index (χ2n) is 6.39. The van der Waals surface area contributed by atoms with Crippen molar-refractivity contribution >= 4 is 39.1 Å². The third-order valence-corrected chi connectivity index (χ3v) is 5.87. The van der Waals surface area contributed by atoms with E-state index in [1.807, 2.05) is 26.0 Å². The van der Waals surface area contributed by atoms with E-state index in [0.29, 0.717) is 29.0 Å². The Bertz CT molecular complexity index is 1070. The maximum atomic E-state index is 12.3. The van der Waals surface area contributed by atoms with Crippen molar-refractivity contribution in [2.24, 2.45) is 0 Å². The molecule has 0 aliphatic carbocycles. The first-order valence-electron chi connectivity index (χ1n) is 8.86. The van der Waals surface area contributed by atoms with Gasteiger partial charge in [-0.15, -0.1) is 10.2 Å². The summed E-state index contributed by atoms with van der Waals surface area (Å²) in [5, 5.41) is 14.6. The molecular formula is C19H21ClN6O2S. The predicted molar refractivity (Wildman–Crippen MR) is 114 cm³/mol. The fraction of sp³-hybridized carbons (Fsp3) is 0.211. The Morgan fingerprint density at radius 1 is 0.931 bits per heavy atom. The topological polar surface area (TPSA) is 109 Å². The number of rotatable bonds is 8. The Morgan fingerprint density at radius 3 is 2.31 bits per heavy atom. The van der Waals surface area contributed by atoms with Crippen LogP contribution in [-0.2, 0) is 10.0 Å². The van der Waals surface area contributed by atoms with Gasteiger partial charge in [0, 0.05) is 24.3 Å². The van der Waals surface area contributed by atoms with Gasteiger partial charge in [-0.3, -0.25) is 0 Å². The van der Waals surface area contributed by atoms with E-state index in [1.165, 1.54) is 12.1 Å². The highest BCUT2D eigenvalue weighted by molar-refractivity contribution is 7.89. The fourth-order valence-corrected chi connectivity index (χ4v) is 3.67. The molecule has 29 heavy (non-hydrogen) atoms. The van der Waals surface area contributed by atoms with Gasteiger partial charge in [-0.05, 0) is 55.3 Å². The molecule has 0 spiro atoms. The van der Waals surface area contributed by atoms with Crippen LogP contribution in [0.3, 0.4) is 0 Å². The van der Waals surface area contributed by atoms with Gasteiger partial charge < -0.3 is 10.6 Å². The Hall–Kier alpha value is -2.75. The first-order chi connectivity index (χ1) is 13.8. The molecule has 3 N–H and O–H groups in total. The molecule has 0 unspecified atom stereocenters. The lowest BCUT2D eigenvalue weighted by atomic mass is 10.2. The highest BCUT2D eigenvalue weighted by Gasteiger charge is 2.14. The van der Waals surface area contributed by atoms with Gasteiger partial charge in [-0.1, -0.05) is 23.7 Å². The first-order valence-corrected chi connectivity index (χ1v) is 10.7.